The molecule has 0 atom stereocenters. The Kier molecular flexibility index (Phi) is 8.19. The number of aryl methyl sites for hydroxylation is 1. The van der Waals surface area contributed by atoms with Crippen molar-refractivity contribution in [2.45, 2.75) is 52.5 Å². The quantitative estimate of drug-likeness (QED) is 0.289. The molecule has 3 aromatic carbocycles. The third kappa shape index (κ3) is 6.03. The van der Waals surface area contributed by atoms with Crippen molar-refractivity contribution in [1.29, 1.82) is 0 Å². The monoisotopic (exact) mass is 539 g/mol. The standard InChI is InChI=1S/C31H33N5O4/c1-21-8-3-14-28(22(21)2)40-17-7-15-30(37)35-16-6-12-26-25(11-5-13-27(26)35)24-10-4-9-23(18-24)19-29-32-33-34-36(29)20-31(38)39/h3-5,8-11,13-14,18H,6-7,12,15-17,19-20H2,1-2H3,(H,38,39). The highest BCUT2D eigenvalue weighted by Gasteiger charge is 2.24. The summed E-state index contributed by atoms with van der Waals surface area (Å²) in [6.45, 7) is 5.04. The van der Waals surface area contributed by atoms with Gasteiger partial charge in [0.15, 0.2) is 5.82 Å². The topological polar surface area (TPSA) is 110 Å². The summed E-state index contributed by atoms with van der Waals surface area (Å²) in [7, 11) is 0. The first-order chi connectivity index (χ1) is 19.4. The van der Waals surface area contributed by atoms with Gasteiger partial charge in [-0.05, 0) is 89.1 Å². The number of carbonyl (C=O) groups excluding carboxylic acids is 1. The summed E-state index contributed by atoms with van der Waals surface area (Å²) in [5, 5.41) is 20.6. The van der Waals surface area contributed by atoms with Crippen molar-refractivity contribution in [2.24, 2.45) is 0 Å². The van der Waals surface area contributed by atoms with E-state index in [1.807, 2.05) is 41.3 Å². The molecular weight excluding hydrogens is 506 g/mol. The number of aliphatic carboxylic acids is 1. The van der Waals surface area contributed by atoms with E-state index in [1.54, 1.807) is 0 Å². The third-order valence-electron chi connectivity index (χ3n) is 7.39. The van der Waals surface area contributed by atoms with Crippen molar-refractivity contribution in [1.82, 2.24) is 20.2 Å². The average Bonchev–Trinajstić information content (AvgIpc) is 3.38. The predicted molar refractivity (Wildman–Crippen MR) is 151 cm³/mol. The van der Waals surface area contributed by atoms with Crippen LogP contribution in [0.15, 0.2) is 60.7 Å². The Morgan fingerprint density at radius 3 is 2.73 bits per heavy atom. The first kappa shape index (κ1) is 27.1. The fraction of sp³-hybridized carbons (Fsp3) is 0.323. The summed E-state index contributed by atoms with van der Waals surface area (Å²) >= 11 is 0. The molecule has 1 aromatic heterocycles. The molecule has 1 amide bonds. The highest BCUT2D eigenvalue weighted by atomic mass is 16.5. The van der Waals surface area contributed by atoms with Gasteiger partial charge in [-0.3, -0.25) is 9.59 Å². The van der Waals surface area contributed by atoms with Gasteiger partial charge in [-0.1, -0.05) is 48.5 Å². The number of fused-ring (bicyclic) bond motifs is 1. The molecule has 2 heterocycles. The second-order valence-electron chi connectivity index (χ2n) is 10.1. The molecule has 1 N–H and O–H groups in total. The minimum atomic E-state index is -0.994. The van der Waals surface area contributed by atoms with Gasteiger partial charge in [0.25, 0.3) is 0 Å². The SMILES string of the molecule is Cc1cccc(OCCCC(=O)N2CCCc3c(-c4cccc(Cc5nnnn5CC(=O)O)c4)cccc32)c1C. The van der Waals surface area contributed by atoms with Crippen LogP contribution in [0.25, 0.3) is 11.1 Å². The van der Waals surface area contributed by atoms with E-state index in [4.69, 9.17) is 9.84 Å². The molecule has 0 aliphatic carbocycles. The number of carboxylic acids is 1. The van der Waals surface area contributed by atoms with Gasteiger partial charge in [-0.25, -0.2) is 4.68 Å². The molecule has 0 saturated heterocycles. The van der Waals surface area contributed by atoms with E-state index in [2.05, 4.69) is 53.6 Å². The Morgan fingerprint density at radius 2 is 1.88 bits per heavy atom. The number of hydrogen-bond donors (Lipinski definition) is 1. The maximum Gasteiger partial charge on any atom is 0.325 e. The van der Waals surface area contributed by atoms with Gasteiger partial charge < -0.3 is 14.7 Å². The molecule has 1 aliphatic rings. The second-order valence-corrected chi connectivity index (χ2v) is 10.1. The van der Waals surface area contributed by atoms with E-state index in [9.17, 15) is 9.59 Å². The molecule has 40 heavy (non-hydrogen) atoms. The third-order valence-corrected chi connectivity index (χ3v) is 7.39. The fourth-order valence-corrected chi connectivity index (χ4v) is 5.21. The number of nitrogens with zero attached hydrogens (tertiary/aromatic N) is 5. The van der Waals surface area contributed by atoms with Crippen molar-refractivity contribution in [3.63, 3.8) is 0 Å². The zero-order valence-electron chi connectivity index (χ0n) is 22.8. The normalized spacial score (nSPS) is 12.7. The van der Waals surface area contributed by atoms with Crippen molar-refractivity contribution in [2.75, 3.05) is 18.1 Å². The van der Waals surface area contributed by atoms with Crippen molar-refractivity contribution in [3.05, 3.63) is 88.7 Å². The molecule has 9 heteroatoms. The molecule has 5 rings (SSSR count). The molecule has 1 aliphatic heterocycles. The number of carboxylic acid groups (broad SMARTS) is 1. The molecule has 0 fully saturated rings. The fourth-order valence-electron chi connectivity index (χ4n) is 5.21. The molecule has 206 valence electrons. The van der Waals surface area contributed by atoms with Crippen LogP contribution in [0.4, 0.5) is 5.69 Å². The number of anilines is 1. The Balaban J connectivity index is 1.28. The van der Waals surface area contributed by atoms with Crippen LogP contribution in [0.1, 0.15) is 47.3 Å². The number of carbonyl (C=O) groups is 2. The minimum absolute atomic E-state index is 0.113. The lowest BCUT2D eigenvalue weighted by Gasteiger charge is -2.31. The van der Waals surface area contributed by atoms with Crippen LogP contribution in [0.2, 0.25) is 0 Å². The van der Waals surface area contributed by atoms with Crippen LogP contribution in [0.5, 0.6) is 5.75 Å². The largest absolute Gasteiger partial charge is 0.493 e. The molecule has 0 unspecified atom stereocenters. The number of ether oxygens (including phenoxy) is 1. The Morgan fingerprint density at radius 1 is 1.05 bits per heavy atom. The zero-order chi connectivity index (χ0) is 28.1. The number of tetrazole rings is 1. The van der Waals surface area contributed by atoms with Gasteiger partial charge in [-0.15, -0.1) is 5.10 Å². The van der Waals surface area contributed by atoms with Crippen molar-refractivity contribution in [3.8, 4) is 16.9 Å². The summed E-state index contributed by atoms with van der Waals surface area (Å²) in [5.41, 5.74) is 7.58. The minimum Gasteiger partial charge on any atom is -0.493 e. The van der Waals surface area contributed by atoms with Crippen LogP contribution in [-0.2, 0) is 29.0 Å². The van der Waals surface area contributed by atoms with Gasteiger partial charge in [0, 0.05) is 25.1 Å². The van der Waals surface area contributed by atoms with Crippen LogP contribution in [0.3, 0.4) is 0 Å². The summed E-state index contributed by atoms with van der Waals surface area (Å²) in [5.74, 6) is 0.488. The first-order valence-corrected chi connectivity index (χ1v) is 13.6. The van der Waals surface area contributed by atoms with Gasteiger partial charge in [0.1, 0.15) is 12.3 Å². The smallest absolute Gasteiger partial charge is 0.325 e. The summed E-state index contributed by atoms with van der Waals surface area (Å²) < 4.78 is 7.26. The van der Waals surface area contributed by atoms with Gasteiger partial charge in [-0.2, -0.15) is 0 Å². The van der Waals surface area contributed by atoms with Crippen LogP contribution >= 0.6 is 0 Å². The lowest BCUT2D eigenvalue weighted by molar-refractivity contribution is -0.138. The molecule has 4 aromatic rings. The maximum atomic E-state index is 13.3. The Labute approximate surface area is 233 Å². The first-order valence-electron chi connectivity index (χ1n) is 13.6. The van der Waals surface area contributed by atoms with Gasteiger partial charge >= 0.3 is 5.97 Å². The lowest BCUT2D eigenvalue weighted by Crippen LogP contribution is -2.35. The van der Waals surface area contributed by atoms with E-state index in [-0.39, 0.29) is 12.5 Å². The predicted octanol–water partition coefficient (Wildman–Crippen LogP) is 4.77. The van der Waals surface area contributed by atoms with Crippen LogP contribution in [-0.4, -0.2) is 50.3 Å². The molecular formula is C31H33N5O4. The Hall–Kier alpha value is -4.53. The highest BCUT2D eigenvalue weighted by molar-refractivity contribution is 5.96. The van der Waals surface area contributed by atoms with Gasteiger partial charge in [0.2, 0.25) is 5.91 Å². The van der Waals surface area contributed by atoms with Crippen molar-refractivity contribution >= 4 is 17.6 Å². The van der Waals surface area contributed by atoms with Crippen molar-refractivity contribution < 1.29 is 19.4 Å². The molecule has 0 saturated carbocycles. The zero-order valence-corrected chi connectivity index (χ0v) is 22.8. The molecule has 0 spiro atoms. The lowest BCUT2D eigenvalue weighted by atomic mass is 9.91. The summed E-state index contributed by atoms with van der Waals surface area (Å²) in [4.78, 5) is 26.3. The Bertz CT molecular complexity index is 1530. The summed E-state index contributed by atoms with van der Waals surface area (Å²) in [6, 6.07) is 20.3. The number of amides is 1. The van der Waals surface area contributed by atoms with Crippen LogP contribution < -0.4 is 9.64 Å². The molecule has 9 nitrogen and oxygen atoms in total. The van der Waals surface area contributed by atoms with E-state index in [0.29, 0.717) is 38.2 Å². The number of aromatic nitrogens is 4. The highest BCUT2D eigenvalue weighted by Crippen LogP contribution is 2.36. The van der Waals surface area contributed by atoms with Gasteiger partial charge in [0.05, 0.1) is 6.61 Å². The molecule has 0 radical (unpaired) electrons. The van der Waals surface area contributed by atoms with E-state index < -0.39 is 5.97 Å². The number of benzene rings is 3. The average molecular weight is 540 g/mol. The maximum absolute atomic E-state index is 13.3. The van der Waals surface area contributed by atoms with Crippen LogP contribution in [0, 0.1) is 13.8 Å². The number of hydrogen-bond acceptors (Lipinski definition) is 6. The van der Waals surface area contributed by atoms with E-state index >= 15 is 0 Å². The van der Waals surface area contributed by atoms with E-state index in [1.165, 1.54) is 15.8 Å². The summed E-state index contributed by atoms with van der Waals surface area (Å²) in [6.07, 6.45) is 3.29. The second kappa shape index (κ2) is 12.1. The van der Waals surface area contributed by atoms with E-state index in [0.717, 1.165) is 46.5 Å². The molecule has 0 bridgehead atoms. The number of rotatable bonds is 10.